The number of aryl methyl sites for hydroxylation is 1. The van der Waals surface area contributed by atoms with Crippen molar-refractivity contribution >= 4 is 34.2 Å². The summed E-state index contributed by atoms with van der Waals surface area (Å²) in [5.41, 5.74) is 0.746. The Kier molecular flexibility index (Phi) is 7.26. The molecule has 0 aliphatic carbocycles. The Morgan fingerprint density at radius 2 is 2.00 bits per heavy atom. The van der Waals surface area contributed by atoms with Gasteiger partial charge in [-0.25, -0.2) is 9.78 Å². The molecule has 1 fully saturated rings. The highest BCUT2D eigenvalue weighted by Crippen LogP contribution is 2.22. The van der Waals surface area contributed by atoms with Crippen molar-refractivity contribution in [2.45, 2.75) is 46.3 Å². The number of carbonyl (C=O) groups is 2. The molecule has 4 heterocycles. The van der Waals surface area contributed by atoms with Gasteiger partial charge in [-0.05, 0) is 57.4 Å². The van der Waals surface area contributed by atoms with Gasteiger partial charge < -0.3 is 14.0 Å². The average Bonchev–Trinajstić information content (AvgIpc) is 3.44. The number of amides is 1. The summed E-state index contributed by atoms with van der Waals surface area (Å²) in [6.07, 6.45) is 2.88. The van der Waals surface area contributed by atoms with Crippen LogP contribution in [0.25, 0.3) is 16.7 Å². The van der Waals surface area contributed by atoms with Gasteiger partial charge in [-0.2, -0.15) is 4.99 Å². The van der Waals surface area contributed by atoms with E-state index in [9.17, 15) is 24.5 Å². The van der Waals surface area contributed by atoms with Gasteiger partial charge in [0.15, 0.2) is 5.49 Å². The summed E-state index contributed by atoms with van der Waals surface area (Å²) in [6.45, 7) is 5.69. The predicted octanol–water partition coefficient (Wildman–Crippen LogP) is 3.27. The summed E-state index contributed by atoms with van der Waals surface area (Å²) in [7, 11) is 0. The van der Waals surface area contributed by atoms with Gasteiger partial charge in [-0.3, -0.25) is 24.1 Å². The second-order valence-electron chi connectivity index (χ2n) is 9.51. The van der Waals surface area contributed by atoms with Crippen LogP contribution in [0, 0.1) is 24.0 Å². The maximum atomic E-state index is 13.6. The van der Waals surface area contributed by atoms with E-state index in [4.69, 9.17) is 14.5 Å². The molecule has 40 heavy (non-hydrogen) atoms. The van der Waals surface area contributed by atoms with E-state index < -0.39 is 22.4 Å². The molecule has 5 rings (SSSR count). The molecule has 1 aromatic carbocycles. The third-order valence-corrected chi connectivity index (χ3v) is 6.95. The minimum absolute atomic E-state index is 0.00940. The van der Waals surface area contributed by atoms with Crippen LogP contribution in [0.1, 0.15) is 51.6 Å². The van der Waals surface area contributed by atoms with Crippen molar-refractivity contribution in [3.8, 4) is 0 Å². The molecule has 206 valence electrons. The molecule has 4 aromatic rings. The minimum Gasteiger partial charge on any atom is -0.462 e. The van der Waals surface area contributed by atoms with E-state index in [-0.39, 0.29) is 58.2 Å². The van der Waals surface area contributed by atoms with Crippen LogP contribution in [0.3, 0.4) is 0 Å². The third kappa shape index (κ3) is 4.77. The van der Waals surface area contributed by atoms with Gasteiger partial charge in [-0.15, -0.1) is 0 Å². The van der Waals surface area contributed by atoms with Crippen molar-refractivity contribution in [1.29, 1.82) is 0 Å². The maximum Gasteiger partial charge on any atom is 0.341 e. The molecule has 3 aromatic heterocycles. The van der Waals surface area contributed by atoms with Crippen molar-refractivity contribution in [3.05, 3.63) is 90.8 Å². The first-order valence-electron chi connectivity index (χ1n) is 12.9. The van der Waals surface area contributed by atoms with Crippen LogP contribution in [0.5, 0.6) is 0 Å². The van der Waals surface area contributed by atoms with E-state index in [1.807, 2.05) is 13.0 Å². The monoisotopic (exact) mass is 545 g/mol. The average molecular weight is 546 g/mol. The molecular weight excluding hydrogens is 518 g/mol. The minimum atomic E-state index is -0.791. The predicted molar refractivity (Wildman–Crippen MR) is 144 cm³/mol. The number of rotatable bonds is 6. The van der Waals surface area contributed by atoms with Crippen LogP contribution >= 0.6 is 0 Å². The zero-order valence-corrected chi connectivity index (χ0v) is 22.2. The lowest BCUT2D eigenvalue weighted by Crippen LogP contribution is -2.35. The van der Waals surface area contributed by atoms with Crippen molar-refractivity contribution in [3.63, 3.8) is 0 Å². The van der Waals surface area contributed by atoms with E-state index in [1.165, 1.54) is 35.6 Å². The van der Waals surface area contributed by atoms with E-state index >= 15 is 0 Å². The molecule has 0 saturated carbocycles. The lowest BCUT2D eigenvalue weighted by atomic mass is 10.1. The zero-order chi connectivity index (χ0) is 28.6. The van der Waals surface area contributed by atoms with Crippen molar-refractivity contribution in [2.75, 3.05) is 13.2 Å². The SMILES string of the molecule is CCOC(=O)c1cc2c(=O)n3cccc(C)c3nc2n(C[C@@H]2CCCO2)c1=NC(=O)c1cccc([N+](=O)[O-])c1C. The lowest BCUT2D eigenvalue weighted by Gasteiger charge is -2.18. The van der Waals surface area contributed by atoms with Gasteiger partial charge in [0.2, 0.25) is 0 Å². The summed E-state index contributed by atoms with van der Waals surface area (Å²) in [4.78, 5) is 60.4. The van der Waals surface area contributed by atoms with Gasteiger partial charge in [0.25, 0.3) is 17.2 Å². The molecule has 1 aliphatic heterocycles. The number of benzene rings is 1. The first-order chi connectivity index (χ1) is 19.2. The van der Waals surface area contributed by atoms with Gasteiger partial charge in [0, 0.05) is 24.4 Å². The zero-order valence-electron chi connectivity index (χ0n) is 22.2. The summed E-state index contributed by atoms with van der Waals surface area (Å²) in [6, 6.07) is 9.03. The summed E-state index contributed by atoms with van der Waals surface area (Å²) < 4.78 is 14.1. The number of pyridine rings is 2. The van der Waals surface area contributed by atoms with Crippen molar-refractivity contribution in [1.82, 2.24) is 14.0 Å². The van der Waals surface area contributed by atoms with Gasteiger partial charge in [-0.1, -0.05) is 12.1 Å². The number of nitrogens with zero attached hydrogens (tertiary/aromatic N) is 5. The first-order valence-corrected chi connectivity index (χ1v) is 12.9. The molecule has 0 unspecified atom stereocenters. The highest BCUT2D eigenvalue weighted by Gasteiger charge is 2.25. The molecule has 12 nitrogen and oxygen atoms in total. The highest BCUT2D eigenvalue weighted by molar-refractivity contribution is 5.98. The summed E-state index contributed by atoms with van der Waals surface area (Å²) in [5.74, 6) is -1.57. The standard InChI is InChI=1S/C28H27N5O7/c1-4-39-28(36)21-14-20-24(29-23-16(2)8-6-12-31(23)27(20)35)32(15-18-9-7-13-40-18)25(21)30-26(34)19-10-5-11-22(17(19)3)33(37)38/h5-6,8,10-12,14,18H,4,7,9,13,15H2,1-3H3/t18-/m0/s1. The Labute approximate surface area is 227 Å². The molecule has 12 heteroatoms. The van der Waals surface area contributed by atoms with E-state index in [1.54, 1.807) is 23.8 Å². The van der Waals surface area contributed by atoms with Gasteiger partial charge in [0.1, 0.15) is 16.9 Å². The molecule has 1 saturated heterocycles. The first kappa shape index (κ1) is 26.9. The molecule has 1 aliphatic rings. The Morgan fingerprint density at radius 3 is 2.70 bits per heavy atom. The topological polar surface area (TPSA) is 147 Å². The van der Waals surface area contributed by atoms with Crippen LogP contribution in [-0.2, 0) is 16.0 Å². The van der Waals surface area contributed by atoms with Crippen LogP contribution in [-0.4, -0.2) is 50.1 Å². The van der Waals surface area contributed by atoms with E-state index in [2.05, 4.69) is 4.99 Å². The second kappa shape index (κ2) is 10.8. The smallest absolute Gasteiger partial charge is 0.341 e. The quantitative estimate of drug-likeness (QED) is 0.155. The molecule has 1 atom stereocenters. The Balaban J connectivity index is 1.88. The Morgan fingerprint density at radius 1 is 1.20 bits per heavy atom. The Bertz CT molecular complexity index is 1820. The fraction of sp³-hybridized carbons (Fsp3) is 0.321. The fourth-order valence-corrected chi connectivity index (χ4v) is 4.94. The fourth-order valence-electron chi connectivity index (χ4n) is 4.94. The Hall–Kier alpha value is -4.71. The van der Waals surface area contributed by atoms with Crippen molar-refractivity contribution < 1.29 is 24.0 Å². The lowest BCUT2D eigenvalue weighted by molar-refractivity contribution is -0.385. The van der Waals surface area contributed by atoms with Crippen LogP contribution < -0.4 is 11.0 Å². The molecule has 0 spiro atoms. The number of hydrogen-bond donors (Lipinski definition) is 0. The molecular formula is C28H27N5O7. The normalized spacial score (nSPS) is 15.6. The second-order valence-corrected chi connectivity index (χ2v) is 9.51. The third-order valence-electron chi connectivity index (χ3n) is 6.95. The van der Waals surface area contributed by atoms with Crippen molar-refractivity contribution in [2.24, 2.45) is 4.99 Å². The van der Waals surface area contributed by atoms with E-state index in [0.29, 0.717) is 12.3 Å². The number of nitro benzene ring substituents is 1. The molecule has 0 N–H and O–H groups in total. The number of carbonyl (C=O) groups excluding carboxylic acids is 2. The number of nitro groups is 1. The van der Waals surface area contributed by atoms with Crippen LogP contribution in [0.15, 0.2) is 52.4 Å². The van der Waals surface area contributed by atoms with Gasteiger partial charge in [0.05, 0.1) is 35.1 Å². The number of ether oxygens (including phenoxy) is 2. The van der Waals surface area contributed by atoms with Gasteiger partial charge >= 0.3 is 5.97 Å². The number of aromatic nitrogens is 3. The largest absolute Gasteiger partial charge is 0.462 e. The molecule has 0 bridgehead atoms. The van der Waals surface area contributed by atoms with Crippen LogP contribution in [0.2, 0.25) is 0 Å². The van der Waals surface area contributed by atoms with E-state index in [0.717, 1.165) is 18.4 Å². The molecule has 1 amide bonds. The number of hydrogen-bond acceptors (Lipinski definition) is 8. The number of esters is 1. The summed E-state index contributed by atoms with van der Waals surface area (Å²) in [5, 5.41) is 11.6. The van der Waals surface area contributed by atoms with Crippen LogP contribution in [0.4, 0.5) is 5.69 Å². The highest BCUT2D eigenvalue weighted by atomic mass is 16.6. The maximum absolute atomic E-state index is 13.6. The summed E-state index contributed by atoms with van der Waals surface area (Å²) >= 11 is 0. The molecule has 0 radical (unpaired) electrons. The number of fused-ring (bicyclic) bond motifs is 2.